The summed E-state index contributed by atoms with van der Waals surface area (Å²) in [6.45, 7) is 6.43. The lowest BCUT2D eigenvalue weighted by atomic mass is 10.2. The van der Waals surface area contributed by atoms with Gasteiger partial charge in [-0.05, 0) is 6.42 Å². The monoisotopic (exact) mass is 532 g/mol. The zero-order chi connectivity index (χ0) is 26.6. The summed E-state index contributed by atoms with van der Waals surface area (Å²) in [4.78, 5) is 11.6. The lowest BCUT2D eigenvalue weighted by Gasteiger charge is -2.09. The van der Waals surface area contributed by atoms with Crippen molar-refractivity contribution in [3.8, 4) is 5.75 Å². The number of unbranched alkanes of at least 4 members (excludes halogenated alkanes) is 1. The average Bonchev–Trinajstić information content (AvgIpc) is 2.87. The Morgan fingerprint density at radius 3 is 1.25 bits per heavy atom. The maximum absolute atomic E-state index is 13.5. The van der Waals surface area contributed by atoms with Gasteiger partial charge in [-0.25, -0.2) is 13.2 Å². The number of rotatable bonds is 22. The summed E-state index contributed by atoms with van der Waals surface area (Å²) in [5.74, 6) is -14.1. The molecule has 1 rings (SSSR count). The molecule has 0 spiro atoms. The molecule has 0 aliphatic rings. The van der Waals surface area contributed by atoms with Crippen molar-refractivity contribution in [3.63, 3.8) is 0 Å². The van der Waals surface area contributed by atoms with Crippen LogP contribution in [0.25, 0.3) is 0 Å². The normalized spacial score (nSPS) is 11.3. The Hall–Kier alpha value is -1.90. The van der Waals surface area contributed by atoms with E-state index in [0.29, 0.717) is 52.9 Å². The predicted molar refractivity (Wildman–Crippen MR) is 116 cm³/mol. The second-order valence-corrected chi connectivity index (χ2v) is 7.15. The maximum Gasteiger partial charge on any atom is 0.313 e. The number of hydrogen-bond acceptors (Lipinski definition) is 8. The maximum atomic E-state index is 13.5. The summed E-state index contributed by atoms with van der Waals surface area (Å²) in [5.41, 5.74) is 0. The molecule has 8 nitrogen and oxygen atoms in total. The van der Waals surface area contributed by atoms with Gasteiger partial charge >= 0.3 is 5.97 Å². The Labute approximate surface area is 206 Å². The third-order valence-corrected chi connectivity index (χ3v) is 4.34. The Balaban J connectivity index is 1.91. The third kappa shape index (κ3) is 13.4. The number of halogens is 5. The van der Waals surface area contributed by atoms with Crippen molar-refractivity contribution in [2.24, 2.45) is 0 Å². The van der Waals surface area contributed by atoms with Crippen molar-refractivity contribution in [2.45, 2.75) is 26.2 Å². The van der Waals surface area contributed by atoms with Crippen molar-refractivity contribution in [1.82, 2.24) is 0 Å². The minimum Gasteiger partial charge on any atom is -0.420 e. The highest BCUT2D eigenvalue weighted by molar-refractivity contribution is 5.72. The molecule has 0 unspecified atom stereocenters. The van der Waals surface area contributed by atoms with E-state index in [2.05, 4.69) is 11.7 Å². The Bertz CT molecular complexity index is 725. The standard InChI is InChI=1S/C23H33F5O8/c1-2-3-5-30-7-9-32-11-13-34-15-16-35-14-12-33-10-8-31-6-4-17(29)36-23-21(27)19(25)18(24)20(26)22(23)28/h2-16H2,1H3. The first-order valence-electron chi connectivity index (χ1n) is 11.6. The summed E-state index contributed by atoms with van der Waals surface area (Å²) in [6.07, 6.45) is 1.68. The van der Waals surface area contributed by atoms with Crippen molar-refractivity contribution in [2.75, 3.05) is 79.3 Å². The molecule has 1 aromatic rings. The van der Waals surface area contributed by atoms with Crippen LogP contribution in [0.3, 0.4) is 0 Å². The van der Waals surface area contributed by atoms with Crippen molar-refractivity contribution < 1.29 is 59.9 Å². The van der Waals surface area contributed by atoms with E-state index in [-0.39, 0.29) is 19.8 Å². The van der Waals surface area contributed by atoms with Crippen LogP contribution in [0.4, 0.5) is 22.0 Å². The van der Waals surface area contributed by atoms with Crippen LogP contribution in [0.5, 0.6) is 5.75 Å². The Morgan fingerprint density at radius 1 is 0.528 bits per heavy atom. The van der Waals surface area contributed by atoms with Gasteiger partial charge in [0.05, 0.1) is 79.1 Å². The van der Waals surface area contributed by atoms with Crippen LogP contribution in [0.15, 0.2) is 0 Å². The van der Waals surface area contributed by atoms with Crippen LogP contribution < -0.4 is 4.74 Å². The molecule has 0 saturated heterocycles. The fourth-order valence-corrected chi connectivity index (χ4v) is 2.44. The van der Waals surface area contributed by atoms with Gasteiger partial charge in [0.15, 0.2) is 0 Å². The largest absolute Gasteiger partial charge is 0.420 e. The Kier molecular flexibility index (Phi) is 18.0. The first-order valence-corrected chi connectivity index (χ1v) is 11.6. The SMILES string of the molecule is CCCCOCCOCCOCCOCCOCCOCCC(=O)Oc1c(F)c(F)c(F)c(F)c1F. The van der Waals surface area contributed by atoms with Gasteiger partial charge in [0.25, 0.3) is 0 Å². The first-order chi connectivity index (χ1) is 17.4. The van der Waals surface area contributed by atoms with E-state index in [1.165, 1.54) is 0 Å². The molecule has 0 N–H and O–H groups in total. The summed E-state index contributed by atoms with van der Waals surface area (Å²) in [5, 5.41) is 0. The molecule has 0 heterocycles. The van der Waals surface area contributed by atoms with Gasteiger partial charge in [-0.2, -0.15) is 8.78 Å². The molecule has 0 saturated carbocycles. The molecule has 36 heavy (non-hydrogen) atoms. The first kappa shape index (κ1) is 32.1. The Morgan fingerprint density at radius 2 is 0.861 bits per heavy atom. The van der Waals surface area contributed by atoms with E-state index < -0.39 is 47.2 Å². The van der Waals surface area contributed by atoms with Crippen molar-refractivity contribution in [1.29, 1.82) is 0 Å². The highest BCUT2D eigenvalue weighted by Crippen LogP contribution is 2.29. The van der Waals surface area contributed by atoms with E-state index in [9.17, 15) is 26.7 Å². The van der Waals surface area contributed by atoms with Crippen molar-refractivity contribution in [3.05, 3.63) is 29.1 Å². The van der Waals surface area contributed by atoms with Crippen LogP contribution in [0.1, 0.15) is 26.2 Å². The van der Waals surface area contributed by atoms with Gasteiger partial charge in [-0.15, -0.1) is 0 Å². The number of esters is 1. The molecule has 0 aliphatic carbocycles. The second-order valence-electron chi connectivity index (χ2n) is 7.15. The molecule has 0 aliphatic heterocycles. The van der Waals surface area contributed by atoms with Crippen molar-refractivity contribution >= 4 is 5.97 Å². The summed E-state index contributed by atoms with van der Waals surface area (Å²) in [7, 11) is 0. The van der Waals surface area contributed by atoms with Crippen LogP contribution in [-0.2, 0) is 33.2 Å². The van der Waals surface area contributed by atoms with Gasteiger partial charge in [0, 0.05) is 6.61 Å². The molecule has 0 fully saturated rings. The minimum atomic E-state index is -2.34. The smallest absolute Gasteiger partial charge is 0.313 e. The van der Waals surface area contributed by atoms with Gasteiger partial charge in [-0.3, -0.25) is 4.79 Å². The molecular weight excluding hydrogens is 499 g/mol. The summed E-state index contributed by atoms with van der Waals surface area (Å²) >= 11 is 0. The molecule has 0 amide bonds. The van der Waals surface area contributed by atoms with Gasteiger partial charge in [-0.1, -0.05) is 13.3 Å². The van der Waals surface area contributed by atoms with E-state index in [1.807, 2.05) is 0 Å². The fraction of sp³-hybridized carbons (Fsp3) is 0.696. The number of ether oxygens (including phenoxy) is 7. The minimum absolute atomic E-state index is 0.0998. The fourth-order valence-electron chi connectivity index (χ4n) is 2.44. The number of hydrogen-bond donors (Lipinski definition) is 0. The van der Waals surface area contributed by atoms with Gasteiger partial charge < -0.3 is 33.2 Å². The highest BCUT2D eigenvalue weighted by atomic mass is 19.2. The van der Waals surface area contributed by atoms with E-state index >= 15 is 0 Å². The molecule has 13 heteroatoms. The van der Waals surface area contributed by atoms with Gasteiger partial charge in [0.2, 0.25) is 34.8 Å². The quantitative estimate of drug-likeness (QED) is 0.0560. The lowest BCUT2D eigenvalue weighted by Crippen LogP contribution is -2.16. The number of carbonyl (C=O) groups is 1. The molecular formula is C23H33F5O8. The average molecular weight is 532 g/mol. The zero-order valence-electron chi connectivity index (χ0n) is 20.3. The number of carbonyl (C=O) groups excluding carboxylic acids is 1. The second kappa shape index (κ2) is 20.2. The van der Waals surface area contributed by atoms with Crippen LogP contribution in [0, 0.1) is 29.1 Å². The number of benzene rings is 1. The third-order valence-electron chi connectivity index (χ3n) is 4.34. The van der Waals surface area contributed by atoms with E-state index in [1.54, 1.807) is 0 Å². The summed E-state index contributed by atoms with van der Waals surface area (Å²) in [6, 6.07) is 0. The highest BCUT2D eigenvalue weighted by Gasteiger charge is 2.28. The molecule has 0 radical (unpaired) electrons. The van der Waals surface area contributed by atoms with E-state index in [0.717, 1.165) is 19.4 Å². The van der Waals surface area contributed by atoms with Crippen LogP contribution in [-0.4, -0.2) is 85.3 Å². The molecule has 208 valence electrons. The molecule has 0 atom stereocenters. The predicted octanol–water partition coefficient (Wildman–Crippen LogP) is 3.58. The zero-order valence-corrected chi connectivity index (χ0v) is 20.3. The molecule has 1 aromatic carbocycles. The summed E-state index contributed by atoms with van der Waals surface area (Å²) < 4.78 is 102. The lowest BCUT2D eigenvalue weighted by molar-refractivity contribution is -0.136. The van der Waals surface area contributed by atoms with Gasteiger partial charge in [0.1, 0.15) is 0 Å². The van der Waals surface area contributed by atoms with E-state index in [4.69, 9.17) is 28.4 Å². The molecule has 0 bridgehead atoms. The van der Waals surface area contributed by atoms with Crippen LogP contribution in [0.2, 0.25) is 0 Å². The van der Waals surface area contributed by atoms with Crippen LogP contribution >= 0.6 is 0 Å². The molecule has 0 aromatic heterocycles. The topological polar surface area (TPSA) is 81.7 Å².